The van der Waals surface area contributed by atoms with Gasteiger partial charge in [0.1, 0.15) is 6.04 Å². The molecular weight excluding hydrogens is 206 g/mol. The molecule has 92 valence electrons. The molecule has 1 unspecified atom stereocenters. The van der Waals surface area contributed by atoms with Gasteiger partial charge in [-0.05, 0) is 26.3 Å². The van der Waals surface area contributed by atoms with Crippen LogP contribution in [0.3, 0.4) is 0 Å². The van der Waals surface area contributed by atoms with Crippen LogP contribution in [0.1, 0.15) is 19.8 Å². The van der Waals surface area contributed by atoms with Crippen molar-refractivity contribution >= 4 is 11.8 Å². The minimum Gasteiger partial charge on any atom is -0.347 e. The molecule has 0 radical (unpaired) electrons. The summed E-state index contributed by atoms with van der Waals surface area (Å²) in [6, 6.07) is -0.440. The van der Waals surface area contributed by atoms with E-state index in [-0.39, 0.29) is 17.7 Å². The Morgan fingerprint density at radius 2 is 2.12 bits per heavy atom. The van der Waals surface area contributed by atoms with Crippen LogP contribution in [-0.2, 0) is 9.59 Å². The van der Waals surface area contributed by atoms with Crippen LogP contribution in [-0.4, -0.2) is 49.9 Å². The molecule has 0 aromatic rings. The second-order valence-corrected chi connectivity index (χ2v) is 4.51. The van der Waals surface area contributed by atoms with Gasteiger partial charge in [-0.2, -0.15) is 0 Å². The molecule has 5 nitrogen and oxygen atoms in total. The van der Waals surface area contributed by atoms with E-state index in [1.807, 2.05) is 0 Å². The molecule has 1 heterocycles. The highest BCUT2D eigenvalue weighted by atomic mass is 16.2. The lowest BCUT2D eigenvalue weighted by Crippen LogP contribution is -2.48. The first-order chi connectivity index (χ1) is 7.52. The van der Waals surface area contributed by atoms with Crippen molar-refractivity contribution in [3.05, 3.63) is 0 Å². The Morgan fingerprint density at radius 1 is 1.44 bits per heavy atom. The average Bonchev–Trinajstić information content (AvgIpc) is 2.28. The molecule has 2 atom stereocenters. The van der Waals surface area contributed by atoms with Crippen LogP contribution in [0.4, 0.5) is 0 Å². The fourth-order valence-corrected chi connectivity index (χ4v) is 1.86. The number of carbonyl (C=O) groups excluding carboxylic acids is 2. The van der Waals surface area contributed by atoms with Crippen LogP contribution in [0, 0.1) is 5.92 Å². The van der Waals surface area contributed by atoms with Crippen molar-refractivity contribution in [3.63, 3.8) is 0 Å². The van der Waals surface area contributed by atoms with E-state index >= 15 is 0 Å². The van der Waals surface area contributed by atoms with Gasteiger partial charge in [-0.1, -0.05) is 0 Å². The third-order valence-corrected chi connectivity index (χ3v) is 2.84. The predicted molar refractivity (Wildman–Crippen MR) is 61.9 cm³/mol. The average molecular weight is 227 g/mol. The Kier molecular flexibility index (Phi) is 4.73. The quantitative estimate of drug-likeness (QED) is 0.688. The Hall–Kier alpha value is -1.10. The number of hydrogen-bond donors (Lipinski definition) is 2. The monoisotopic (exact) mass is 227 g/mol. The number of nitrogens with one attached hydrogen (secondary N) is 2. The molecule has 0 aliphatic carbocycles. The summed E-state index contributed by atoms with van der Waals surface area (Å²) in [5.74, 6) is -0.0850. The third kappa shape index (κ3) is 3.48. The van der Waals surface area contributed by atoms with Crippen molar-refractivity contribution in [1.82, 2.24) is 15.5 Å². The smallest absolute Gasteiger partial charge is 0.244 e. The molecule has 2 N–H and O–H groups in total. The van der Waals surface area contributed by atoms with Crippen molar-refractivity contribution in [2.45, 2.75) is 25.8 Å². The van der Waals surface area contributed by atoms with Gasteiger partial charge in [0.05, 0.1) is 5.92 Å². The molecule has 5 heteroatoms. The zero-order valence-electron chi connectivity index (χ0n) is 10.2. The van der Waals surface area contributed by atoms with Crippen molar-refractivity contribution in [2.24, 2.45) is 5.92 Å². The highest BCUT2D eigenvalue weighted by Gasteiger charge is 2.24. The summed E-state index contributed by atoms with van der Waals surface area (Å²) >= 11 is 0. The summed E-state index contributed by atoms with van der Waals surface area (Å²) in [7, 11) is 3.38. The molecule has 0 aromatic heterocycles. The number of piperidine rings is 1. The number of carbonyl (C=O) groups is 2. The van der Waals surface area contributed by atoms with Gasteiger partial charge in [0.15, 0.2) is 0 Å². The SMILES string of the molecule is CC(NC(=O)[C@H]1CCCNC1)C(=O)N(C)C. The van der Waals surface area contributed by atoms with Crippen molar-refractivity contribution in [3.8, 4) is 0 Å². The van der Waals surface area contributed by atoms with Crippen molar-refractivity contribution in [1.29, 1.82) is 0 Å². The molecule has 0 bridgehead atoms. The molecule has 1 aliphatic rings. The van der Waals surface area contributed by atoms with Gasteiger partial charge in [0.25, 0.3) is 0 Å². The van der Waals surface area contributed by atoms with E-state index in [0.717, 1.165) is 19.4 Å². The first-order valence-electron chi connectivity index (χ1n) is 5.74. The van der Waals surface area contributed by atoms with Gasteiger partial charge in [-0.25, -0.2) is 0 Å². The molecule has 0 aromatic carbocycles. The fraction of sp³-hybridized carbons (Fsp3) is 0.818. The lowest BCUT2D eigenvalue weighted by atomic mass is 9.98. The second-order valence-electron chi connectivity index (χ2n) is 4.51. The largest absolute Gasteiger partial charge is 0.347 e. The number of amides is 2. The van der Waals surface area contributed by atoms with E-state index in [2.05, 4.69) is 10.6 Å². The van der Waals surface area contributed by atoms with Gasteiger partial charge in [0, 0.05) is 20.6 Å². The van der Waals surface area contributed by atoms with Crippen molar-refractivity contribution < 1.29 is 9.59 Å². The summed E-state index contributed by atoms with van der Waals surface area (Å²) in [6.07, 6.45) is 1.93. The van der Waals surface area contributed by atoms with Crippen LogP contribution >= 0.6 is 0 Å². The topological polar surface area (TPSA) is 61.4 Å². The van der Waals surface area contributed by atoms with Crippen LogP contribution in [0.15, 0.2) is 0 Å². The Morgan fingerprint density at radius 3 is 2.62 bits per heavy atom. The Bertz CT molecular complexity index is 260. The Balaban J connectivity index is 2.40. The molecule has 0 saturated carbocycles. The molecule has 1 rings (SSSR count). The second kappa shape index (κ2) is 5.84. The molecular formula is C11H21N3O2. The van der Waals surface area contributed by atoms with Gasteiger partial charge < -0.3 is 15.5 Å². The molecule has 1 fully saturated rings. The van der Waals surface area contributed by atoms with Crippen LogP contribution in [0.2, 0.25) is 0 Å². The normalized spacial score (nSPS) is 22.3. The first kappa shape index (κ1) is 13.0. The van der Waals surface area contributed by atoms with E-state index in [4.69, 9.17) is 0 Å². The lowest BCUT2D eigenvalue weighted by Gasteiger charge is -2.24. The van der Waals surface area contributed by atoms with Gasteiger partial charge in [-0.15, -0.1) is 0 Å². The number of rotatable bonds is 3. The molecule has 0 spiro atoms. The summed E-state index contributed by atoms with van der Waals surface area (Å²) in [6.45, 7) is 3.42. The zero-order valence-corrected chi connectivity index (χ0v) is 10.2. The maximum Gasteiger partial charge on any atom is 0.244 e. The summed E-state index contributed by atoms with van der Waals surface area (Å²) < 4.78 is 0. The standard InChI is InChI=1S/C11H21N3O2/c1-8(11(16)14(2)3)13-10(15)9-5-4-6-12-7-9/h8-9,12H,4-7H2,1-3H3,(H,13,15)/t8?,9-/m0/s1. The maximum atomic E-state index is 11.8. The minimum atomic E-state index is -0.440. The number of nitrogens with zero attached hydrogens (tertiary/aromatic N) is 1. The highest BCUT2D eigenvalue weighted by Crippen LogP contribution is 2.10. The van der Waals surface area contributed by atoms with Crippen LogP contribution in [0.5, 0.6) is 0 Å². The summed E-state index contributed by atoms with van der Waals surface area (Å²) in [5.41, 5.74) is 0. The fourth-order valence-electron chi connectivity index (χ4n) is 1.86. The van der Waals surface area contributed by atoms with E-state index < -0.39 is 6.04 Å². The summed E-state index contributed by atoms with van der Waals surface area (Å²) in [5, 5.41) is 5.95. The number of hydrogen-bond acceptors (Lipinski definition) is 3. The van der Waals surface area contributed by atoms with E-state index in [1.165, 1.54) is 4.90 Å². The zero-order chi connectivity index (χ0) is 12.1. The van der Waals surface area contributed by atoms with Gasteiger partial charge >= 0.3 is 0 Å². The number of likely N-dealkylation sites (N-methyl/N-ethyl adjacent to an activating group) is 1. The van der Waals surface area contributed by atoms with Gasteiger partial charge in [-0.3, -0.25) is 9.59 Å². The van der Waals surface area contributed by atoms with E-state index in [9.17, 15) is 9.59 Å². The minimum absolute atomic E-state index is 0.00571. The molecule has 2 amide bonds. The highest BCUT2D eigenvalue weighted by molar-refractivity contribution is 5.88. The predicted octanol–water partition coefficient (Wildman–Crippen LogP) is -0.421. The lowest BCUT2D eigenvalue weighted by molar-refractivity contribution is -0.135. The maximum absolute atomic E-state index is 11.8. The van der Waals surface area contributed by atoms with E-state index in [1.54, 1.807) is 21.0 Å². The molecule has 1 aliphatic heterocycles. The summed E-state index contributed by atoms with van der Waals surface area (Å²) in [4.78, 5) is 24.9. The van der Waals surface area contributed by atoms with E-state index in [0.29, 0.717) is 6.54 Å². The van der Waals surface area contributed by atoms with Crippen molar-refractivity contribution in [2.75, 3.05) is 27.2 Å². The van der Waals surface area contributed by atoms with Crippen LogP contribution in [0.25, 0.3) is 0 Å². The first-order valence-corrected chi connectivity index (χ1v) is 5.74. The third-order valence-electron chi connectivity index (χ3n) is 2.84. The van der Waals surface area contributed by atoms with Gasteiger partial charge in [0.2, 0.25) is 11.8 Å². The molecule has 1 saturated heterocycles. The molecule has 16 heavy (non-hydrogen) atoms. The Labute approximate surface area is 96.6 Å². The van der Waals surface area contributed by atoms with Crippen LogP contribution < -0.4 is 10.6 Å².